The summed E-state index contributed by atoms with van der Waals surface area (Å²) < 4.78 is 31.3. The summed E-state index contributed by atoms with van der Waals surface area (Å²) in [5, 5.41) is 8.51. The summed E-state index contributed by atoms with van der Waals surface area (Å²) in [4.78, 5) is 2.24. The minimum atomic E-state index is -2.53. The normalized spacial score (nSPS) is 11.7. The number of rotatable bonds is 21. The van der Waals surface area contributed by atoms with Crippen molar-refractivity contribution < 1.29 is 69.7 Å². The largest absolute Gasteiger partial charge is 1.00 e. The second-order valence-corrected chi connectivity index (χ2v) is 43.6. The van der Waals surface area contributed by atoms with Crippen LogP contribution >= 0.6 is 15.9 Å². The molecule has 13 heteroatoms. The molecule has 0 amide bonds. The van der Waals surface area contributed by atoms with Gasteiger partial charge < -0.3 is 33.2 Å². The van der Waals surface area contributed by atoms with E-state index in [4.69, 9.17) is 23.0 Å². The van der Waals surface area contributed by atoms with E-state index in [1.54, 1.807) is 0 Å². The molecule has 83 heavy (non-hydrogen) atoms. The predicted octanol–water partition coefficient (Wildman–Crippen LogP) is 13.1. The van der Waals surface area contributed by atoms with Crippen molar-refractivity contribution in [3.05, 3.63) is 251 Å². The summed E-state index contributed by atoms with van der Waals surface area (Å²) in [5.74, 6) is 1.75. The zero-order valence-electron chi connectivity index (χ0n) is 52.6. The Balaban J connectivity index is 0.000000267. The molecule has 0 aromatic heterocycles. The van der Waals surface area contributed by atoms with Gasteiger partial charge in [0.05, 0.1) is 6.61 Å². The number of hydrogen-bond acceptors (Lipinski definition) is 6. The molecule has 0 aliphatic rings. The molecule has 0 spiro atoms. The molecule has 0 aliphatic carbocycles. The van der Waals surface area contributed by atoms with E-state index in [0.29, 0.717) is 19.8 Å². The molecule has 0 radical (unpaired) electrons. The van der Waals surface area contributed by atoms with Crippen LogP contribution in [0.2, 0.25) is 49.4 Å². The Morgan fingerprint density at radius 1 is 0.446 bits per heavy atom. The Labute approximate surface area is 556 Å². The van der Waals surface area contributed by atoms with Crippen LogP contribution in [0.4, 0.5) is 5.69 Å². The number of likely N-dealkylation sites (N-methyl/N-ethyl adjacent to an activating group) is 2. The molecule has 0 saturated heterocycles. The van der Waals surface area contributed by atoms with Gasteiger partial charge in [0.25, 0.3) is 16.6 Å². The number of nitrogens with one attached hydrogen (secondary N) is 1. The fourth-order valence-electron chi connectivity index (χ4n) is 10.1. The molecule has 0 unspecified atom stereocenters. The summed E-state index contributed by atoms with van der Waals surface area (Å²) in [5.41, 5.74) is 3.46. The number of benzene rings is 8. The van der Waals surface area contributed by atoms with E-state index in [1.807, 2.05) is 73.8 Å². The van der Waals surface area contributed by atoms with Gasteiger partial charge in [0, 0.05) is 43.0 Å². The topological polar surface area (TPSA) is 66.3 Å². The van der Waals surface area contributed by atoms with E-state index >= 15 is 0 Å². The standard InChI is InChI=1S/C32H37NO2Si.C19H27NOSi.C13H11BrO.C6H18NSi2.K/c1-32(2,3)36(30-19-10-6-11-20-30,31-21-12-7-13-22-31)35-24-23-33(4)28-17-14-18-29(25-28)34-26-27-15-8-5-9-16-27;1-19(2,3)22(21-16-15-20-4,17-11-7-5-8-12-17)18-13-9-6-10-14-18;14-12-7-4-8-13(9-12)15-10-11-5-2-1-3-6-11;1-8(2,3)7-9(4,5)6;/h5-22,25H,23-24,26H2,1-4H3;5-14,20H,15-16H2,1-4H3;1-9H,10H2;1-6H3;/q;;;-1;+1. The Hall–Kier alpha value is -4.02. The van der Waals surface area contributed by atoms with Crippen molar-refractivity contribution in [2.24, 2.45) is 0 Å². The smallest absolute Gasteiger partial charge is 0.668 e. The molecular weight excluding hydrogens is 1180 g/mol. The summed E-state index contributed by atoms with van der Waals surface area (Å²) in [6.07, 6.45) is 0. The van der Waals surface area contributed by atoms with Gasteiger partial charge in [-0.25, -0.2) is 0 Å². The van der Waals surface area contributed by atoms with E-state index in [-0.39, 0.29) is 61.5 Å². The monoisotopic (exact) mass is 1270 g/mol. The van der Waals surface area contributed by atoms with Crippen LogP contribution in [0.3, 0.4) is 0 Å². The number of hydrogen-bond donors (Lipinski definition) is 1. The van der Waals surface area contributed by atoms with Crippen molar-refractivity contribution in [2.75, 3.05) is 45.3 Å². The SMILES string of the molecule is Brc1cccc(OCc2ccccc2)c1.CN(CCO[Si](c1ccccc1)(c1ccccc1)C(C)(C)C)c1cccc(OCc2ccccc2)c1.CNCCO[Si](c1ccccc1)(c1ccccc1)C(C)(C)C.C[Si](C)(C)[N-][Si](C)(C)C.[K+]. The third kappa shape index (κ3) is 23.3. The summed E-state index contributed by atoms with van der Waals surface area (Å²) in [7, 11) is -2.98. The molecule has 0 saturated carbocycles. The van der Waals surface area contributed by atoms with Crippen LogP contribution in [-0.4, -0.2) is 73.5 Å². The minimum absolute atomic E-state index is 0. The Morgan fingerprint density at radius 3 is 1.11 bits per heavy atom. The fraction of sp³-hybridized carbons (Fsp3) is 0.314. The minimum Gasteiger partial charge on any atom is -0.668 e. The van der Waals surface area contributed by atoms with Crippen molar-refractivity contribution in [2.45, 2.75) is 104 Å². The molecule has 8 aromatic rings. The molecule has 8 rings (SSSR count). The number of anilines is 1. The molecular formula is C70H93BrKN3O4Si4. The molecule has 0 bridgehead atoms. The predicted molar refractivity (Wildman–Crippen MR) is 367 cm³/mol. The maximum atomic E-state index is 7.06. The van der Waals surface area contributed by atoms with Crippen molar-refractivity contribution in [1.29, 1.82) is 0 Å². The van der Waals surface area contributed by atoms with Gasteiger partial charge in [-0.15, -0.1) is 0 Å². The second kappa shape index (κ2) is 35.0. The van der Waals surface area contributed by atoms with Gasteiger partial charge in [-0.1, -0.05) is 307 Å². The zero-order chi connectivity index (χ0) is 59.7. The molecule has 8 aromatic carbocycles. The van der Waals surface area contributed by atoms with E-state index in [1.165, 1.54) is 26.3 Å². The first-order valence-electron chi connectivity index (χ1n) is 28.8. The van der Waals surface area contributed by atoms with Gasteiger partial charge in [0.2, 0.25) is 0 Å². The van der Waals surface area contributed by atoms with Crippen molar-refractivity contribution in [1.82, 2.24) is 5.32 Å². The van der Waals surface area contributed by atoms with E-state index in [2.05, 4.69) is 278 Å². The zero-order valence-corrected chi connectivity index (χ0v) is 61.3. The molecule has 0 heterocycles. The first kappa shape index (κ1) is 71.5. The van der Waals surface area contributed by atoms with Crippen LogP contribution in [0.15, 0.2) is 235 Å². The quantitative estimate of drug-likeness (QED) is 0.0571. The maximum Gasteiger partial charge on any atom is 1.00 e. The Bertz CT molecular complexity index is 2930. The van der Waals surface area contributed by atoms with E-state index in [9.17, 15) is 0 Å². The number of halogens is 1. The third-order valence-electron chi connectivity index (χ3n) is 13.5. The first-order chi connectivity index (χ1) is 39.0. The average molecular weight is 1270 g/mol. The van der Waals surface area contributed by atoms with Crippen LogP contribution < -0.4 is 91.8 Å². The fourth-order valence-corrected chi connectivity index (χ4v) is 27.7. The van der Waals surface area contributed by atoms with Gasteiger partial charge in [0.15, 0.2) is 0 Å². The van der Waals surface area contributed by atoms with Crippen molar-refractivity contribution in [3.63, 3.8) is 0 Å². The molecule has 7 nitrogen and oxygen atoms in total. The van der Waals surface area contributed by atoms with Crippen molar-refractivity contribution >= 4 is 75.5 Å². The van der Waals surface area contributed by atoms with E-state index in [0.717, 1.165) is 46.9 Å². The molecule has 0 fully saturated rings. The summed E-state index contributed by atoms with van der Waals surface area (Å²) in [6.45, 7) is 31.8. The Morgan fingerprint density at radius 2 is 0.783 bits per heavy atom. The van der Waals surface area contributed by atoms with Gasteiger partial charge in [0.1, 0.15) is 24.7 Å². The number of nitrogens with zero attached hydrogens (tertiary/aromatic N) is 2. The molecule has 0 aliphatic heterocycles. The third-order valence-corrected chi connectivity index (χ3v) is 29.4. The van der Waals surface area contributed by atoms with Gasteiger partial charge in [-0.3, -0.25) is 0 Å². The van der Waals surface area contributed by atoms with Crippen LogP contribution in [0.5, 0.6) is 11.5 Å². The van der Waals surface area contributed by atoms with E-state index < -0.39 is 33.1 Å². The summed E-state index contributed by atoms with van der Waals surface area (Å²) >= 11 is 3.41. The maximum absolute atomic E-state index is 7.06. The first-order valence-corrected chi connectivity index (χ1v) is 40.3. The van der Waals surface area contributed by atoms with Gasteiger partial charge in [-0.05, 0) is 79.3 Å². The van der Waals surface area contributed by atoms with Gasteiger partial charge >= 0.3 is 51.4 Å². The second-order valence-electron chi connectivity index (χ2n) is 24.5. The number of ether oxygens (including phenoxy) is 2. The Kier molecular flexibility index (Phi) is 30.1. The van der Waals surface area contributed by atoms with Crippen LogP contribution in [-0.2, 0) is 22.1 Å². The summed E-state index contributed by atoms with van der Waals surface area (Å²) in [6, 6.07) is 79.7. The average Bonchev–Trinajstić information content (AvgIpc) is 3.54. The van der Waals surface area contributed by atoms with Gasteiger partial charge in [-0.2, -0.15) is 0 Å². The van der Waals surface area contributed by atoms with Crippen LogP contribution in [0.25, 0.3) is 4.65 Å². The molecule has 0 atom stereocenters. The molecule has 436 valence electrons. The van der Waals surface area contributed by atoms with Crippen molar-refractivity contribution in [3.8, 4) is 11.5 Å². The van der Waals surface area contributed by atoms with Crippen LogP contribution in [0.1, 0.15) is 52.7 Å². The van der Waals surface area contributed by atoms with Crippen LogP contribution in [0, 0.1) is 0 Å². The molecule has 1 N–H and O–H groups in total.